The van der Waals surface area contributed by atoms with Gasteiger partial charge in [0.1, 0.15) is 5.75 Å². The highest BCUT2D eigenvalue weighted by Gasteiger charge is 2.22. The molecule has 0 saturated carbocycles. The zero-order chi connectivity index (χ0) is 20.6. The van der Waals surface area contributed by atoms with E-state index in [1.807, 2.05) is 24.3 Å². The van der Waals surface area contributed by atoms with Gasteiger partial charge in [-0.15, -0.1) is 0 Å². The van der Waals surface area contributed by atoms with Crippen LogP contribution < -0.4 is 19.9 Å². The molecule has 29 heavy (non-hydrogen) atoms. The Kier molecular flexibility index (Phi) is 7.08. The van der Waals surface area contributed by atoms with Crippen molar-refractivity contribution in [3.05, 3.63) is 54.1 Å². The van der Waals surface area contributed by atoms with Crippen molar-refractivity contribution < 1.29 is 24.0 Å². The number of rotatable bonds is 7. The van der Waals surface area contributed by atoms with Gasteiger partial charge in [-0.25, -0.2) is 4.79 Å². The van der Waals surface area contributed by atoms with Gasteiger partial charge in [-0.05, 0) is 37.3 Å². The third-order valence-corrected chi connectivity index (χ3v) is 5.12. The number of nitrogens with zero attached hydrogens (tertiary/aromatic N) is 1. The minimum atomic E-state index is -0.437. The summed E-state index contributed by atoms with van der Waals surface area (Å²) in [5, 5.41) is 2.90. The van der Waals surface area contributed by atoms with Crippen LogP contribution in [0.4, 0.5) is 11.4 Å². The minimum Gasteiger partial charge on any atom is -0.484 e. The maximum absolute atomic E-state index is 12.5. The van der Waals surface area contributed by atoms with Crippen molar-refractivity contribution in [2.45, 2.75) is 6.92 Å². The topological polar surface area (TPSA) is 72.3 Å². The molecule has 0 radical (unpaired) electrons. The van der Waals surface area contributed by atoms with Crippen LogP contribution in [0.1, 0.15) is 17.3 Å². The maximum Gasteiger partial charge on any atom is 0.337 e. The molecule has 0 bridgehead atoms. The molecular formula is C22H28N3O4+. The van der Waals surface area contributed by atoms with Gasteiger partial charge in [0.25, 0.3) is 5.91 Å². The van der Waals surface area contributed by atoms with E-state index in [4.69, 9.17) is 9.47 Å². The molecule has 7 nitrogen and oxygen atoms in total. The first-order valence-corrected chi connectivity index (χ1v) is 9.89. The Labute approximate surface area is 171 Å². The molecule has 0 aliphatic carbocycles. The fraction of sp³-hybridized carbons (Fsp3) is 0.364. The summed E-state index contributed by atoms with van der Waals surface area (Å²) in [6, 6.07) is 14.5. The van der Waals surface area contributed by atoms with Gasteiger partial charge in [-0.3, -0.25) is 4.79 Å². The van der Waals surface area contributed by atoms with E-state index < -0.39 is 5.97 Å². The second-order valence-corrected chi connectivity index (χ2v) is 6.96. The Balaban J connectivity index is 1.74. The number of carbonyl (C=O) groups excluding carboxylic acids is 2. The Hall–Kier alpha value is -3.06. The van der Waals surface area contributed by atoms with Crippen LogP contribution in [0.3, 0.4) is 0 Å². The highest BCUT2D eigenvalue weighted by atomic mass is 16.5. The van der Waals surface area contributed by atoms with E-state index in [1.165, 1.54) is 7.11 Å². The Morgan fingerprint density at radius 3 is 2.48 bits per heavy atom. The van der Waals surface area contributed by atoms with Crippen LogP contribution >= 0.6 is 0 Å². The highest BCUT2D eigenvalue weighted by Crippen LogP contribution is 2.28. The predicted octanol–water partition coefficient (Wildman–Crippen LogP) is 1.22. The number of ether oxygens (including phenoxy) is 2. The fourth-order valence-corrected chi connectivity index (χ4v) is 3.43. The van der Waals surface area contributed by atoms with Crippen LogP contribution in [0.2, 0.25) is 0 Å². The molecule has 1 aliphatic heterocycles. The highest BCUT2D eigenvalue weighted by molar-refractivity contribution is 5.98. The van der Waals surface area contributed by atoms with Crippen LogP contribution in [0.25, 0.3) is 0 Å². The molecule has 1 amide bonds. The van der Waals surface area contributed by atoms with Crippen molar-refractivity contribution in [1.82, 2.24) is 0 Å². The van der Waals surface area contributed by atoms with E-state index >= 15 is 0 Å². The quantitative estimate of drug-likeness (QED) is 0.686. The SMILES string of the molecule is CC[NH+]1CCN(c2ccc(C(=O)OC)cc2NC(=O)COc2ccccc2)CC1. The summed E-state index contributed by atoms with van der Waals surface area (Å²) < 4.78 is 10.4. The van der Waals surface area contributed by atoms with E-state index in [-0.39, 0.29) is 12.5 Å². The number of quaternary nitrogens is 1. The standard InChI is InChI=1S/C22H27N3O4/c1-3-24-11-13-25(14-12-24)20-10-9-17(22(27)28-2)15-19(20)23-21(26)16-29-18-7-5-4-6-8-18/h4-10,15H,3,11-14,16H2,1-2H3,(H,23,26)/p+1. The molecule has 1 fully saturated rings. The molecule has 0 aromatic heterocycles. The van der Waals surface area contributed by atoms with Crippen molar-refractivity contribution in [3.63, 3.8) is 0 Å². The van der Waals surface area contributed by atoms with Gasteiger partial charge >= 0.3 is 5.97 Å². The third kappa shape index (κ3) is 5.48. The van der Waals surface area contributed by atoms with Gasteiger partial charge in [-0.1, -0.05) is 18.2 Å². The van der Waals surface area contributed by atoms with Crippen molar-refractivity contribution in [1.29, 1.82) is 0 Å². The predicted molar refractivity (Wildman–Crippen MR) is 112 cm³/mol. The normalized spacial score (nSPS) is 14.3. The molecule has 1 aliphatic rings. The van der Waals surface area contributed by atoms with Crippen molar-refractivity contribution in [3.8, 4) is 5.75 Å². The first kappa shape index (κ1) is 20.7. The summed E-state index contributed by atoms with van der Waals surface area (Å²) in [4.78, 5) is 28.3. The molecular weight excluding hydrogens is 370 g/mol. The summed E-state index contributed by atoms with van der Waals surface area (Å²) in [6.07, 6.45) is 0. The lowest BCUT2D eigenvalue weighted by Gasteiger charge is -2.34. The molecule has 2 aromatic rings. The fourth-order valence-electron chi connectivity index (χ4n) is 3.43. The number of benzene rings is 2. The van der Waals surface area contributed by atoms with Crippen molar-refractivity contribution >= 4 is 23.3 Å². The Morgan fingerprint density at radius 2 is 1.83 bits per heavy atom. The number of likely N-dealkylation sites (N-methyl/N-ethyl adjacent to an activating group) is 1. The first-order valence-electron chi connectivity index (χ1n) is 9.89. The number of esters is 1. The summed E-state index contributed by atoms with van der Waals surface area (Å²) in [5.74, 6) is -0.0902. The lowest BCUT2D eigenvalue weighted by atomic mass is 10.1. The second-order valence-electron chi connectivity index (χ2n) is 6.96. The number of carbonyl (C=O) groups is 2. The molecule has 2 N–H and O–H groups in total. The maximum atomic E-state index is 12.5. The molecule has 0 unspecified atom stereocenters. The monoisotopic (exact) mass is 398 g/mol. The van der Waals surface area contributed by atoms with E-state index in [1.54, 1.807) is 29.2 Å². The van der Waals surface area contributed by atoms with Gasteiger partial charge in [0, 0.05) is 0 Å². The number of para-hydroxylation sites is 1. The molecule has 0 spiro atoms. The first-order chi connectivity index (χ1) is 14.1. The molecule has 7 heteroatoms. The molecule has 1 saturated heterocycles. The number of hydrogen-bond acceptors (Lipinski definition) is 5. The van der Waals surface area contributed by atoms with E-state index in [0.29, 0.717) is 17.0 Å². The Morgan fingerprint density at radius 1 is 1.10 bits per heavy atom. The van der Waals surface area contributed by atoms with Gasteiger partial charge in [0.2, 0.25) is 0 Å². The van der Waals surface area contributed by atoms with Crippen molar-refractivity contribution in [2.24, 2.45) is 0 Å². The smallest absolute Gasteiger partial charge is 0.337 e. The number of hydrogen-bond donors (Lipinski definition) is 2. The molecule has 1 heterocycles. The van der Waals surface area contributed by atoms with Gasteiger partial charge < -0.3 is 24.6 Å². The minimum absolute atomic E-state index is 0.111. The number of anilines is 2. The van der Waals surface area contributed by atoms with Crippen molar-refractivity contribution in [2.75, 3.05) is 56.7 Å². The second kappa shape index (κ2) is 9.93. The van der Waals surface area contributed by atoms with Crippen LogP contribution in [-0.4, -0.2) is 58.3 Å². The van der Waals surface area contributed by atoms with Gasteiger partial charge in [0.05, 0.1) is 56.8 Å². The number of methoxy groups -OCH3 is 1. The average molecular weight is 398 g/mol. The number of nitrogens with one attached hydrogen (secondary N) is 2. The zero-order valence-electron chi connectivity index (χ0n) is 16.9. The average Bonchev–Trinajstić information content (AvgIpc) is 2.78. The van der Waals surface area contributed by atoms with E-state index in [0.717, 1.165) is 38.4 Å². The number of amides is 1. The van der Waals surface area contributed by atoms with Gasteiger partial charge in [-0.2, -0.15) is 0 Å². The molecule has 154 valence electrons. The molecule has 3 rings (SSSR count). The molecule has 0 atom stereocenters. The molecule has 2 aromatic carbocycles. The van der Waals surface area contributed by atoms with E-state index in [2.05, 4.69) is 17.1 Å². The largest absolute Gasteiger partial charge is 0.484 e. The lowest BCUT2D eigenvalue weighted by Crippen LogP contribution is -3.14. The van der Waals surface area contributed by atoms with Crippen LogP contribution in [0, 0.1) is 0 Å². The van der Waals surface area contributed by atoms with E-state index in [9.17, 15) is 9.59 Å². The summed E-state index contributed by atoms with van der Waals surface area (Å²) in [6.45, 7) is 7.05. The van der Waals surface area contributed by atoms with Crippen LogP contribution in [0.15, 0.2) is 48.5 Å². The number of piperazine rings is 1. The lowest BCUT2D eigenvalue weighted by molar-refractivity contribution is -0.898. The van der Waals surface area contributed by atoms with Crippen LogP contribution in [-0.2, 0) is 9.53 Å². The summed E-state index contributed by atoms with van der Waals surface area (Å²) in [7, 11) is 1.34. The zero-order valence-corrected chi connectivity index (χ0v) is 16.9. The van der Waals surface area contributed by atoms with Gasteiger partial charge in [0.15, 0.2) is 6.61 Å². The summed E-state index contributed by atoms with van der Waals surface area (Å²) >= 11 is 0. The Bertz CT molecular complexity index is 833. The summed E-state index contributed by atoms with van der Waals surface area (Å²) in [5.41, 5.74) is 1.89. The third-order valence-electron chi connectivity index (χ3n) is 5.12. The van der Waals surface area contributed by atoms with Crippen LogP contribution in [0.5, 0.6) is 5.75 Å².